The van der Waals surface area contributed by atoms with E-state index < -0.39 is 22.1 Å². The third kappa shape index (κ3) is 4.19. The number of aliphatic hydroxyl groups excluding tert-OH is 1. The van der Waals surface area contributed by atoms with Crippen LogP contribution in [0.5, 0.6) is 0 Å². The summed E-state index contributed by atoms with van der Waals surface area (Å²) in [6.07, 6.45) is 0.180. The van der Waals surface area contributed by atoms with Gasteiger partial charge in [0.1, 0.15) is 0 Å². The van der Waals surface area contributed by atoms with E-state index in [-0.39, 0.29) is 29.1 Å². The van der Waals surface area contributed by atoms with Gasteiger partial charge in [-0.3, -0.25) is 0 Å². The number of nitrogens with one attached hydrogen (secondary N) is 1. The molecule has 0 heterocycles. The second-order valence-electron chi connectivity index (χ2n) is 4.31. The summed E-state index contributed by atoms with van der Waals surface area (Å²) in [7, 11) is -3.95. The fourth-order valence-electron chi connectivity index (χ4n) is 1.59. The van der Waals surface area contributed by atoms with E-state index in [1.54, 1.807) is 6.92 Å². The lowest BCUT2D eigenvalue weighted by atomic mass is 10.2. The summed E-state index contributed by atoms with van der Waals surface area (Å²) >= 11 is 0. The predicted octanol–water partition coefficient (Wildman–Crippen LogP) is 0.406. The number of carboxylic acid groups (broad SMARTS) is 1. The maximum atomic E-state index is 12.0. The number of carboxylic acids is 1. The second kappa shape index (κ2) is 6.69. The molecule has 1 aromatic rings. The minimum Gasteiger partial charge on any atom is -0.478 e. The summed E-state index contributed by atoms with van der Waals surface area (Å²) in [5.74, 6) is -1.37. The van der Waals surface area contributed by atoms with Gasteiger partial charge in [-0.05, 0) is 31.0 Å². The number of sulfonamides is 1. The maximum absolute atomic E-state index is 12.0. The lowest BCUT2D eigenvalue weighted by molar-refractivity contribution is 0.0692. The number of hydrogen-bond acceptors (Lipinski definition) is 5. The summed E-state index contributed by atoms with van der Waals surface area (Å²) in [4.78, 5) is 10.7. The molecule has 0 aromatic heterocycles. The summed E-state index contributed by atoms with van der Waals surface area (Å²) in [6, 6.07) is 3.57. The molecule has 0 aliphatic heterocycles. The van der Waals surface area contributed by atoms with Crippen LogP contribution in [0.2, 0.25) is 0 Å². The third-order valence-corrected chi connectivity index (χ3v) is 4.28. The van der Waals surface area contributed by atoms with E-state index >= 15 is 0 Å². The molecule has 7 nitrogen and oxygen atoms in total. The first-order chi connectivity index (χ1) is 9.27. The molecule has 0 aliphatic rings. The minimum absolute atomic E-state index is 0.0285. The molecular weight excluding hydrogens is 284 g/mol. The standard InChI is InChI=1S/C12H18N2O5S/c1-2-9(15)5-6-14-20(18,19)11-4-3-8(13)7-10(11)12(16)17/h3-4,7,9,14-15H,2,5-6,13H2,1H3,(H,16,17). The molecular formula is C12H18N2O5S. The smallest absolute Gasteiger partial charge is 0.337 e. The van der Waals surface area contributed by atoms with E-state index in [0.717, 1.165) is 12.1 Å². The molecule has 0 aliphatic carbocycles. The number of aliphatic hydroxyl groups is 1. The van der Waals surface area contributed by atoms with E-state index in [0.29, 0.717) is 6.42 Å². The molecule has 0 spiro atoms. The van der Waals surface area contributed by atoms with Gasteiger partial charge in [-0.1, -0.05) is 6.92 Å². The van der Waals surface area contributed by atoms with Gasteiger partial charge in [-0.2, -0.15) is 0 Å². The maximum Gasteiger partial charge on any atom is 0.337 e. The van der Waals surface area contributed by atoms with Crippen LogP contribution in [0.1, 0.15) is 30.1 Å². The van der Waals surface area contributed by atoms with Crippen molar-refractivity contribution in [2.75, 3.05) is 12.3 Å². The average Bonchev–Trinajstić information content (AvgIpc) is 2.37. The first-order valence-corrected chi connectivity index (χ1v) is 7.56. The number of anilines is 1. The van der Waals surface area contributed by atoms with Gasteiger partial charge in [0, 0.05) is 12.2 Å². The van der Waals surface area contributed by atoms with Gasteiger partial charge >= 0.3 is 5.97 Å². The summed E-state index contributed by atoms with van der Waals surface area (Å²) in [6.45, 7) is 1.81. The van der Waals surface area contributed by atoms with Gasteiger partial charge < -0.3 is 15.9 Å². The molecule has 0 radical (unpaired) electrons. The Labute approximate surface area is 117 Å². The monoisotopic (exact) mass is 302 g/mol. The normalized spacial score (nSPS) is 13.1. The summed E-state index contributed by atoms with van der Waals surface area (Å²) in [5.41, 5.74) is 5.24. The number of carbonyl (C=O) groups is 1. The SMILES string of the molecule is CCC(O)CCNS(=O)(=O)c1ccc(N)cc1C(=O)O. The number of nitrogens with two attached hydrogens (primary N) is 1. The van der Waals surface area contributed by atoms with Crippen LogP contribution in [0.15, 0.2) is 23.1 Å². The van der Waals surface area contributed by atoms with E-state index in [1.807, 2.05) is 0 Å². The molecule has 1 aromatic carbocycles. The number of benzene rings is 1. The first kappa shape index (κ1) is 16.4. The topological polar surface area (TPSA) is 130 Å². The Bertz CT molecular complexity index is 586. The molecule has 8 heteroatoms. The van der Waals surface area contributed by atoms with Crippen LogP contribution >= 0.6 is 0 Å². The predicted molar refractivity (Wildman–Crippen MR) is 73.9 cm³/mol. The van der Waals surface area contributed by atoms with Crippen LogP contribution in [-0.4, -0.2) is 37.2 Å². The van der Waals surface area contributed by atoms with Crippen LogP contribution in [0, 0.1) is 0 Å². The number of nitrogen functional groups attached to an aromatic ring is 1. The Balaban J connectivity index is 2.95. The average molecular weight is 302 g/mol. The molecule has 1 rings (SSSR count). The minimum atomic E-state index is -3.95. The van der Waals surface area contributed by atoms with Crippen LogP contribution < -0.4 is 10.5 Å². The molecule has 0 bridgehead atoms. The van der Waals surface area contributed by atoms with Crippen molar-refractivity contribution in [3.63, 3.8) is 0 Å². The van der Waals surface area contributed by atoms with Gasteiger partial charge in [0.2, 0.25) is 10.0 Å². The summed E-state index contributed by atoms with van der Waals surface area (Å²) in [5, 5.41) is 18.4. The zero-order chi connectivity index (χ0) is 15.3. The molecule has 0 saturated carbocycles. The fourth-order valence-corrected chi connectivity index (χ4v) is 2.82. The molecule has 5 N–H and O–H groups in total. The molecule has 20 heavy (non-hydrogen) atoms. The van der Waals surface area contributed by atoms with Crippen molar-refractivity contribution >= 4 is 21.7 Å². The first-order valence-electron chi connectivity index (χ1n) is 6.08. The van der Waals surface area contributed by atoms with E-state index in [4.69, 9.17) is 10.8 Å². The highest BCUT2D eigenvalue weighted by atomic mass is 32.2. The molecule has 112 valence electrons. The second-order valence-corrected chi connectivity index (χ2v) is 6.04. The van der Waals surface area contributed by atoms with Gasteiger partial charge in [-0.25, -0.2) is 17.9 Å². The largest absolute Gasteiger partial charge is 0.478 e. The third-order valence-electron chi connectivity index (χ3n) is 2.76. The van der Waals surface area contributed by atoms with Gasteiger partial charge in [-0.15, -0.1) is 0 Å². The highest BCUT2D eigenvalue weighted by Gasteiger charge is 2.22. The Kier molecular flexibility index (Phi) is 5.49. The van der Waals surface area contributed by atoms with Crippen LogP contribution in [0.3, 0.4) is 0 Å². The molecule has 0 fully saturated rings. The van der Waals surface area contributed by atoms with E-state index in [2.05, 4.69) is 4.72 Å². The van der Waals surface area contributed by atoms with Gasteiger partial charge in [0.15, 0.2) is 0 Å². The van der Waals surface area contributed by atoms with Crippen molar-refractivity contribution in [2.24, 2.45) is 0 Å². The van der Waals surface area contributed by atoms with Crippen LogP contribution in [-0.2, 0) is 10.0 Å². The zero-order valence-electron chi connectivity index (χ0n) is 11.0. The molecule has 0 saturated heterocycles. The van der Waals surface area contributed by atoms with E-state index in [9.17, 15) is 18.3 Å². The highest BCUT2D eigenvalue weighted by Crippen LogP contribution is 2.19. The van der Waals surface area contributed by atoms with Gasteiger partial charge in [0.05, 0.1) is 16.6 Å². The van der Waals surface area contributed by atoms with E-state index in [1.165, 1.54) is 6.07 Å². The highest BCUT2D eigenvalue weighted by molar-refractivity contribution is 7.89. The van der Waals surface area contributed by atoms with Crippen LogP contribution in [0.25, 0.3) is 0 Å². The fraction of sp³-hybridized carbons (Fsp3) is 0.417. The van der Waals surface area contributed by atoms with Crippen molar-refractivity contribution in [3.05, 3.63) is 23.8 Å². The molecule has 1 unspecified atom stereocenters. The van der Waals surface area contributed by atoms with Gasteiger partial charge in [0.25, 0.3) is 0 Å². The van der Waals surface area contributed by atoms with Crippen molar-refractivity contribution in [3.8, 4) is 0 Å². The Morgan fingerprint density at radius 3 is 2.65 bits per heavy atom. The van der Waals surface area contributed by atoms with Crippen molar-refractivity contribution < 1.29 is 23.4 Å². The van der Waals surface area contributed by atoms with Crippen molar-refractivity contribution in [1.29, 1.82) is 0 Å². The molecule has 1 atom stereocenters. The molecule has 0 amide bonds. The lowest BCUT2D eigenvalue weighted by Crippen LogP contribution is -2.28. The van der Waals surface area contributed by atoms with Crippen molar-refractivity contribution in [2.45, 2.75) is 30.8 Å². The lowest BCUT2D eigenvalue weighted by Gasteiger charge is -2.11. The number of hydrogen-bond donors (Lipinski definition) is 4. The Morgan fingerprint density at radius 2 is 2.10 bits per heavy atom. The number of aromatic carboxylic acids is 1. The quantitative estimate of drug-likeness (QED) is 0.540. The summed E-state index contributed by atoms with van der Waals surface area (Å²) < 4.78 is 26.3. The number of rotatable bonds is 7. The van der Waals surface area contributed by atoms with Crippen LogP contribution in [0.4, 0.5) is 5.69 Å². The zero-order valence-corrected chi connectivity index (χ0v) is 11.9. The van der Waals surface area contributed by atoms with Crippen molar-refractivity contribution in [1.82, 2.24) is 4.72 Å². The Hall–Kier alpha value is -1.64. The Morgan fingerprint density at radius 1 is 1.45 bits per heavy atom.